The second-order valence-corrected chi connectivity index (χ2v) is 5.00. The molecule has 0 saturated carbocycles. The standard InChI is InChI=1S/C12H15NS/c1-8(2)10-4-3-5-12-11(10)6-9(7-13)14-12/h3-6,8H,7,13H2,1-2H3. The summed E-state index contributed by atoms with van der Waals surface area (Å²) in [6.45, 7) is 5.11. The van der Waals surface area contributed by atoms with Gasteiger partial charge in [-0.15, -0.1) is 11.3 Å². The molecule has 0 aliphatic rings. The van der Waals surface area contributed by atoms with Crippen LogP contribution in [-0.4, -0.2) is 0 Å². The molecule has 0 spiro atoms. The summed E-state index contributed by atoms with van der Waals surface area (Å²) in [5, 5.41) is 1.38. The molecule has 1 heterocycles. The lowest BCUT2D eigenvalue weighted by atomic mass is 10.00. The quantitative estimate of drug-likeness (QED) is 0.798. The van der Waals surface area contributed by atoms with Crippen molar-refractivity contribution >= 4 is 21.4 Å². The molecule has 0 aliphatic heterocycles. The van der Waals surface area contributed by atoms with Crippen molar-refractivity contribution in [2.24, 2.45) is 5.73 Å². The zero-order valence-corrected chi connectivity index (χ0v) is 9.40. The maximum Gasteiger partial charge on any atom is 0.0349 e. The van der Waals surface area contributed by atoms with Crippen LogP contribution in [0, 0.1) is 0 Å². The van der Waals surface area contributed by atoms with Crippen LogP contribution in [0.2, 0.25) is 0 Å². The number of hydrogen-bond donors (Lipinski definition) is 1. The van der Waals surface area contributed by atoms with Gasteiger partial charge in [0.05, 0.1) is 0 Å². The van der Waals surface area contributed by atoms with Crippen LogP contribution < -0.4 is 5.73 Å². The minimum atomic E-state index is 0.582. The van der Waals surface area contributed by atoms with Crippen LogP contribution in [-0.2, 0) is 6.54 Å². The second-order valence-electron chi connectivity index (χ2n) is 3.83. The Labute approximate surface area is 88.6 Å². The van der Waals surface area contributed by atoms with Crippen molar-refractivity contribution in [3.63, 3.8) is 0 Å². The topological polar surface area (TPSA) is 26.0 Å². The van der Waals surface area contributed by atoms with Crippen LogP contribution in [0.5, 0.6) is 0 Å². The first kappa shape index (κ1) is 9.69. The van der Waals surface area contributed by atoms with Gasteiger partial charge in [-0.1, -0.05) is 26.0 Å². The Kier molecular flexibility index (Phi) is 2.57. The molecular weight excluding hydrogens is 190 g/mol. The lowest BCUT2D eigenvalue weighted by molar-refractivity contribution is 0.876. The Morgan fingerprint density at radius 2 is 2.14 bits per heavy atom. The molecule has 0 bridgehead atoms. The summed E-state index contributed by atoms with van der Waals surface area (Å²) in [5.74, 6) is 0.582. The summed E-state index contributed by atoms with van der Waals surface area (Å²) in [4.78, 5) is 1.27. The maximum absolute atomic E-state index is 5.65. The Hall–Kier alpha value is -0.860. The molecule has 2 aromatic rings. The predicted molar refractivity (Wildman–Crippen MR) is 63.8 cm³/mol. The van der Waals surface area contributed by atoms with E-state index in [-0.39, 0.29) is 0 Å². The Morgan fingerprint density at radius 3 is 2.79 bits per heavy atom. The molecular formula is C12H15NS. The molecule has 2 heteroatoms. The van der Waals surface area contributed by atoms with E-state index in [2.05, 4.69) is 38.1 Å². The third kappa shape index (κ3) is 1.56. The second kappa shape index (κ2) is 3.71. The summed E-state index contributed by atoms with van der Waals surface area (Å²) in [5.41, 5.74) is 7.08. The predicted octanol–water partition coefficient (Wildman–Crippen LogP) is 3.48. The highest BCUT2D eigenvalue weighted by Crippen LogP contribution is 2.31. The average Bonchev–Trinajstić information content (AvgIpc) is 2.59. The lowest BCUT2D eigenvalue weighted by Gasteiger charge is -2.05. The molecule has 0 amide bonds. The van der Waals surface area contributed by atoms with Crippen LogP contribution in [0.15, 0.2) is 24.3 Å². The number of nitrogens with two attached hydrogens (primary N) is 1. The smallest absolute Gasteiger partial charge is 0.0349 e. The molecule has 0 atom stereocenters. The molecule has 0 radical (unpaired) electrons. The van der Waals surface area contributed by atoms with Crippen molar-refractivity contribution in [1.29, 1.82) is 0 Å². The Balaban J connectivity index is 2.66. The minimum Gasteiger partial charge on any atom is -0.326 e. The zero-order valence-electron chi connectivity index (χ0n) is 8.58. The van der Waals surface area contributed by atoms with Gasteiger partial charge in [-0.3, -0.25) is 0 Å². The third-order valence-electron chi connectivity index (χ3n) is 2.47. The highest BCUT2D eigenvalue weighted by Gasteiger charge is 2.07. The van der Waals surface area contributed by atoms with E-state index in [0.717, 1.165) is 0 Å². The number of fused-ring (bicyclic) bond motifs is 1. The first-order chi connectivity index (χ1) is 6.72. The first-order valence-corrected chi connectivity index (χ1v) is 5.75. The highest BCUT2D eigenvalue weighted by molar-refractivity contribution is 7.19. The third-order valence-corrected chi connectivity index (χ3v) is 3.59. The van der Waals surface area contributed by atoms with Crippen molar-refractivity contribution < 1.29 is 0 Å². The molecule has 2 rings (SSSR count). The molecule has 1 nitrogen and oxygen atoms in total. The Morgan fingerprint density at radius 1 is 1.36 bits per heavy atom. The van der Waals surface area contributed by atoms with Gasteiger partial charge in [-0.05, 0) is 29.0 Å². The first-order valence-electron chi connectivity index (χ1n) is 4.93. The van der Waals surface area contributed by atoms with Gasteiger partial charge < -0.3 is 5.73 Å². The monoisotopic (exact) mass is 205 g/mol. The van der Waals surface area contributed by atoms with E-state index in [0.29, 0.717) is 12.5 Å². The normalized spacial score (nSPS) is 11.4. The molecule has 74 valence electrons. The fourth-order valence-electron chi connectivity index (χ4n) is 1.74. The summed E-state index contributed by atoms with van der Waals surface area (Å²) >= 11 is 1.80. The van der Waals surface area contributed by atoms with E-state index in [1.807, 2.05) is 0 Å². The molecule has 14 heavy (non-hydrogen) atoms. The van der Waals surface area contributed by atoms with Gasteiger partial charge in [0.2, 0.25) is 0 Å². The Bertz CT molecular complexity index is 443. The fourth-order valence-corrected chi connectivity index (χ4v) is 2.72. The largest absolute Gasteiger partial charge is 0.326 e. The van der Waals surface area contributed by atoms with E-state index in [4.69, 9.17) is 5.73 Å². The van der Waals surface area contributed by atoms with Crippen molar-refractivity contribution in [3.8, 4) is 0 Å². The number of rotatable bonds is 2. The summed E-state index contributed by atoms with van der Waals surface area (Å²) < 4.78 is 1.36. The maximum atomic E-state index is 5.65. The van der Waals surface area contributed by atoms with Crippen LogP contribution in [0.1, 0.15) is 30.2 Å². The number of benzene rings is 1. The summed E-state index contributed by atoms with van der Waals surface area (Å²) in [6.07, 6.45) is 0. The van der Waals surface area contributed by atoms with Crippen LogP contribution in [0.4, 0.5) is 0 Å². The van der Waals surface area contributed by atoms with Crippen molar-refractivity contribution in [2.45, 2.75) is 26.3 Å². The van der Waals surface area contributed by atoms with Gasteiger partial charge >= 0.3 is 0 Å². The van der Waals surface area contributed by atoms with Crippen molar-refractivity contribution in [2.75, 3.05) is 0 Å². The van der Waals surface area contributed by atoms with Gasteiger partial charge in [0, 0.05) is 16.1 Å². The average molecular weight is 205 g/mol. The van der Waals surface area contributed by atoms with Crippen LogP contribution >= 0.6 is 11.3 Å². The summed E-state index contributed by atoms with van der Waals surface area (Å²) in [6, 6.07) is 8.74. The van der Waals surface area contributed by atoms with E-state index < -0.39 is 0 Å². The number of hydrogen-bond acceptors (Lipinski definition) is 2. The minimum absolute atomic E-state index is 0.582. The van der Waals surface area contributed by atoms with E-state index in [9.17, 15) is 0 Å². The SMILES string of the molecule is CC(C)c1cccc2sc(CN)cc12. The lowest BCUT2D eigenvalue weighted by Crippen LogP contribution is -1.91. The fraction of sp³-hybridized carbons (Fsp3) is 0.333. The molecule has 0 fully saturated rings. The zero-order chi connectivity index (χ0) is 10.1. The van der Waals surface area contributed by atoms with Gasteiger partial charge in [0.1, 0.15) is 0 Å². The van der Waals surface area contributed by atoms with Crippen molar-refractivity contribution in [1.82, 2.24) is 0 Å². The van der Waals surface area contributed by atoms with Gasteiger partial charge in [-0.2, -0.15) is 0 Å². The molecule has 1 aromatic heterocycles. The molecule has 0 aliphatic carbocycles. The van der Waals surface area contributed by atoms with E-state index in [1.165, 1.54) is 20.5 Å². The van der Waals surface area contributed by atoms with Gasteiger partial charge in [0.25, 0.3) is 0 Å². The highest BCUT2D eigenvalue weighted by atomic mass is 32.1. The van der Waals surface area contributed by atoms with Crippen LogP contribution in [0.25, 0.3) is 10.1 Å². The van der Waals surface area contributed by atoms with Crippen LogP contribution in [0.3, 0.4) is 0 Å². The van der Waals surface area contributed by atoms with E-state index in [1.54, 1.807) is 11.3 Å². The molecule has 0 saturated heterocycles. The summed E-state index contributed by atoms with van der Waals surface area (Å²) in [7, 11) is 0. The van der Waals surface area contributed by atoms with Gasteiger partial charge in [0.15, 0.2) is 0 Å². The molecule has 0 unspecified atom stereocenters. The number of thiophene rings is 1. The molecule has 1 aromatic carbocycles. The van der Waals surface area contributed by atoms with Crippen molar-refractivity contribution in [3.05, 3.63) is 34.7 Å². The van der Waals surface area contributed by atoms with Gasteiger partial charge in [-0.25, -0.2) is 0 Å². The van der Waals surface area contributed by atoms with E-state index >= 15 is 0 Å². The molecule has 2 N–H and O–H groups in total.